The lowest BCUT2D eigenvalue weighted by atomic mass is 10.1. The number of hydrogen-bond acceptors (Lipinski definition) is 2. The highest BCUT2D eigenvalue weighted by Gasteiger charge is 2.07. The Morgan fingerprint density at radius 3 is 2.52 bits per heavy atom. The summed E-state index contributed by atoms with van der Waals surface area (Å²) < 4.78 is 1.86. The average molecular weight is 315 g/mol. The topological polar surface area (TPSA) is 63.1 Å². The molecule has 0 saturated carbocycles. The van der Waals surface area contributed by atoms with Gasteiger partial charge in [0.15, 0.2) is 0 Å². The second kappa shape index (κ2) is 8.98. The van der Waals surface area contributed by atoms with Crippen LogP contribution < -0.4 is 10.9 Å². The first-order chi connectivity index (χ1) is 11.2. The summed E-state index contributed by atoms with van der Waals surface area (Å²) in [5.74, 6) is -0.363. The number of benzene rings is 1. The maximum Gasteiger partial charge on any atom is 0.258 e. The van der Waals surface area contributed by atoms with Gasteiger partial charge >= 0.3 is 0 Å². The normalized spacial score (nSPS) is 10.7. The Hall–Kier alpha value is -2.30. The molecule has 124 valence electrons. The van der Waals surface area contributed by atoms with E-state index in [0.717, 1.165) is 30.2 Å². The standard InChI is InChI=1S/C18H25N3O2/c1-2-3-4-5-6-11-17(22)19-20-18(23)14-21-13-12-15-9-7-8-10-16(15)21/h7-10,12-13H,2-6,11,14H2,1H3,(H,19,22)(H,20,23). The summed E-state index contributed by atoms with van der Waals surface area (Å²) >= 11 is 0. The van der Waals surface area contributed by atoms with Gasteiger partial charge in [-0.2, -0.15) is 0 Å². The molecule has 0 fully saturated rings. The quantitative estimate of drug-likeness (QED) is 0.580. The smallest absolute Gasteiger partial charge is 0.258 e. The van der Waals surface area contributed by atoms with Crippen LogP contribution in [-0.2, 0) is 16.1 Å². The van der Waals surface area contributed by atoms with Crippen LogP contribution in [0, 0.1) is 0 Å². The first kappa shape index (κ1) is 17.1. The third-order valence-corrected chi connectivity index (χ3v) is 3.84. The van der Waals surface area contributed by atoms with Crippen LogP contribution in [0.25, 0.3) is 10.9 Å². The Morgan fingerprint density at radius 1 is 0.957 bits per heavy atom. The zero-order valence-corrected chi connectivity index (χ0v) is 13.7. The highest BCUT2D eigenvalue weighted by molar-refractivity contribution is 5.84. The van der Waals surface area contributed by atoms with E-state index in [9.17, 15) is 9.59 Å². The Labute approximate surface area is 137 Å². The molecule has 2 aromatic rings. The van der Waals surface area contributed by atoms with Crippen molar-refractivity contribution in [1.29, 1.82) is 0 Å². The average Bonchev–Trinajstić information content (AvgIpc) is 2.96. The summed E-state index contributed by atoms with van der Waals surface area (Å²) in [6.45, 7) is 2.35. The van der Waals surface area contributed by atoms with E-state index in [0.29, 0.717) is 6.42 Å². The van der Waals surface area contributed by atoms with E-state index in [1.807, 2.05) is 41.1 Å². The zero-order chi connectivity index (χ0) is 16.5. The van der Waals surface area contributed by atoms with Gasteiger partial charge in [-0.25, -0.2) is 0 Å². The van der Waals surface area contributed by atoms with Gasteiger partial charge in [-0.15, -0.1) is 0 Å². The molecule has 0 unspecified atom stereocenters. The number of aromatic nitrogens is 1. The summed E-state index contributed by atoms with van der Waals surface area (Å²) in [7, 11) is 0. The van der Waals surface area contributed by atoms with Crippen molar-refractivity contribution in [3.05, 3.63) is 36.5 Å². The van der Waals surface area contributed by atoms with Crippen molar-refractivity contribution in [2.24, 2.45) is 0 Å². The van der Waals surface area contributed by atoms with Gasteiger partial charge in [-0.1, -0.05) is 50.8 Å². The molecule has 0 saturated heterocycles. The number of carbonyl (C=O) groups is 2. The molecular weight excluding hydrogens is 290 g/mol. The molecule has 1 heterocycles. The fourth-order valence-corrected chi connectivity index (χ4v) is 2.56. The molecule has 0 spiro atoms. The molecule has 0 aliphatic carbocycles. The molecule has 0 aliphatic heterocycles. The van der Waals surface area contributed by atoms with Crippen molar-refractivity contribution in [2.45, 2.75) is 52.0 Å². The minimum Gasteiger partial charge on any atom is -0.338 e. The summed E-state index contributed by atoms with van der Waals surface area (Å²) in [6, 6.07) is 9.85. The number of hydrazine groups is 1. The lowest BCUT2D eigenvalue weighted by Crippen LogP contribution is -2.43. The molecule has 0 atom stereocenters. The minimum atomic E-state index is -0.231. The van der Waals surface area contributed by atoms with Crippen LogP contribution in [0.5, 0.6) is 0 Å². The molecule has 0 aliphatic rings. The lowest BCUT2D eigenvalue weighted by Gasteiger charge is -2.09. The van der Waals surface area contributed by atoms with E-state index in [-0.39, 0.29) is 18.4 Å². The first-order valence-electron chi connectivity index (χ1n) is 8.32. The molecular formula is C18H25N3O2. The summed E-state index contributed by atoms with van der Waals surface area (Å²) in [5, 5.41) is 1.09. The second-order valence-corrected chi connectivity index (χ2v) is 5.76. The van der Waals surface area contributed by atoms with Crippen LogP contribution in [-0.4, -0.2) is 16.4 Å². The van der Waals surface area contributed by atoms with Crippen molar-refractivity contribution in [3.8, 4) is 0 Å². The van der Waals surface area contributed by atoms with Crippen LogP contribution in [0.2, 0.25) is 0 Å². The van der Waals surface area contributed by atoms with E-state index in [1.54, 1.807) is 0 Å². The molecule has 1 aromatic carbocycles. The number of hydrogen-bond donors (Lipinski definition) is 2. The number of unbranched alkanes of at least 4 members (excludes halogenated alkanes) is 4. The van der Waals surface area contributed by atoms with Crippen LogP contribution in [0.15, 0.2) is 36.5 Å². The molecule has 5 heteroatoms. The van der Waals surface area contributed by atoms with Crippen molar-refractivity contribution in [2.75, 3.05) is 0 Å². The van der Waals surface area contributed by atoms with Crippen LogP contribution in [0.3, 0.4) is 0 Å². The van der Waals surface area contributed by atoms with E-state index in [4.69, 9.17) is 0 Å². The van der Waals surface area contributed by atoms with E-state index >= 15 is 0 Å². The maximum absolute atomic E-state index is 11.9. The van der Waals surface area contributed by atoms with Gasteiger partial charge in [0.2, 0.25) is 5.91 Å². The lowest BCUT2D eigenvalue weighted by molar-refractivity contribution is -0.129. The largest absolute Gasteiger partial charge is 0.338 e. The fraction of sp³-hybridized carbons (Fsp3) is 0.444. The number of rotatable bonds is 8. The minimum absolute atomic E-state index is 0.132. The SMILES string of the molecule is CCCCCCCC(=O)NNC(=O)Cn1ccc2ccccc21. The second-order valence-electron chi connectivity index (χ2n) is 5.76. The number of nitrogens with one attached hydrogen (secondary N) is 2. The van der Waals surface area contributed by atoms with E-state index < -0.39 is 0 Å². The third-order valence-electron chi connectivity index (χ3n) is 3.84. The first-order valence-corrected chi connectivity index (χ1v) is 8.32. The van der Waals surface area contributed by atoms with Crippen molar-refractivity contribution in [3.63, 3.8) is 0 Å². The Morgan fingerprint density at radius 2 is 1.70 bits per heavy atom. The molecule has 2 amide bonds. The molecule has 1 aromatic heterocycles. The van der Waals surface area contributed by atoms with Gasteiger partial charge in [0.25, 0.3) is 5.91 Å². The Balaban J connectivity index is 1.70. The van der Waals surface area contributed by atoms with Crippen LogP contribution in [0.1, 0.15) is 45.4 Å². The predicted molar refractivity (Wildman–Crippen MR) is 91.6 cm³/mol. The number of carbonyl (C=O) groups excluding carboxylic acids is 2. The highest BCUT2D eigenvalue weighted by Crippen LogP contribution is 2.14. The maximum atomic E-state index is 11.9. The molecule has 2 rings (SSSR count). The highest BCUT2D eigenvalue weighted by atomic mass is 16.2. The monoisotopic (exact) mass is 315 g/mol. The molecule has 23 heavy (non-hydrogen) atoms. The van der Waals surface area contributed by atoms with Gasteiger partial charge in [0.1, 0.15) is 6.54 Å². The van der Waals surface area contributed by atoms with Crippen molar-refractivity contribution >= 4 is 22.7 Å². The predicted octanol–water partition coefficient (Wildman–Crippen LogP) is 3.15. The Bertz CT molecular complexity index is 649. The summed E-state index contributed by atoms with van der Waals surface area (Å²) in [4.78, 5) is 23.6. The van der Waals surface area contributed by atoms with Crippen LogP contribution in [0.4, 0.5) is 0 Å². The van der Waals surface area contributed by atoms with Gasteiger partial charge in [-0.05, 0) is 23.9 Å². The number of nitrogens with zero attached hydrogens (tertiary/aromatic N) is 1. The third kappa shape index (κ3) is 5.43. The Kier molecular flexibility index (Phi) is 6.66. The van der Waals surface area contributed by atoms with Crippen LogP contribution >= 0.6 is 0 Å². The molecule has 5 nitrogen and oxygen atoms in total. The van der Waals surface area contributed by atoms with E-state index in [2.05, 4.69) is 17.8 Å². The number of fused-ring (bicyclic) bond motifs is 1. The number of para-hydroxylation sites is 1. The molecule has 0 bridgehead atoms. The van der Waals surface area contributed by atoms with Gasteiger partial charge in [-0.3, -0.25) is 20.4 Å². The molecule has 0 radical (unpaired) electrons. The summed E-state index contributed by atoms with van der Waals surface area (Å²) in [6.07, 6.45) is 7.82. The van der Waals surface area contributed by atoms with Gasteiger partial charge in [0, 0.05) is 18.1 Å². The molecule has 2 N–H and O–H groups in total. The zero-order valence-electron chi connectivity index (χ0n) is 13.7. The fourth-order valence-electron chi connectivity index (χ4n) is 2.56. The number of amides is 2. The van der Waals surface area contributed by atoms with Crippen molar-refractivity contribution < 1.29 is 9.59 Å². The van der Waals surface area contributed by atoms with Crippen molar-refractivity contribution in [1.82, 2.24) is 15.4 Å². The van der Waals surface area contributed by atoms with Gasteiger partial charge < -0.3 is 4.57 Å². The van der Waals surface area contributed by atoms with Gasteiger partial charge in [0.05, 0.1) is 0 Å². The summed E-state index contributed by atoms with van der Waals surface area (Å²) in [5.41, 5.74) is 5.96. The van der Waals surface area contributed by atoms with E-state index in [1.165, 1.54) is 12.8 Å².